The SMILES string of the molecule is CCCN(Cc1ccc(N2CC(=O)NS2(=O)=O)c(F)c1)C1CC1. The molecule has 0 radical (unpaired) electrons. The van der Waals surface area contributed by atoms with Gasteiger partial charge in [0.05, 0.1) is 5.69 Å². The van der Waals surface area contributed by atoms with Crippen molar-refractivity contribution in [1.29, 1.82) is 0 Å². The molecule has 0 bridgehead atoms. The summed E-state index contributed by atoms with van der Waals surface area (Å²) in [6.45, 7) is 3.34. The smallest absolute Gasteiger partial charge is 0.296 e. The van der Waals surface area contributed by atoms with Gasteiger partial charge < -0.3 is 0 Å². The quantitative estimate of drug-likeness (QED) is 0.849. The molecule has 1 saturated heterocycles. The van der Waals surface area contributed by atoms with Crippen molar-refractivity contribution in [1.82, 2.24) is 9.62 Å². The van der Waals surface area contributed by atoms with E-state index < -0.39 is 21.9 Å². The fraction of sp³-hybridized carbons (Fsp3) is 0.533. The number of carbonyl (C=O) groups is 1. The third kappa shape index (κ3) is 3.48. The molecular formula is C15H20FN3O3S. The summed E-state index contributed by atoms with van der Waals surface area (Å²) in [7, 11) is -3.98. The Labute approximate surface area is 135 Å². The van der Waals surface area contributed by atoms with Crippen molar-refractivity contribution >= 4 is 21.8 Å². The summed E-state index contributed by atoms with van der Waals surface area (Å²) in [4.78, 5) is 13.6. The Morgan fingerprint density at radius 3 is 2.65 bits per heavy atom. The van der Waals surface area contributed by atoms with Crippen LogP contribution < -0.4 is 9.03 Å². The van der Waals surface area contributed by atoms with Gasteiger partial charge in [0.25, 0.3) is 5.91 Å². The van der Waals surface area contributed by atoms with E-state index in [-0.39, 0.29) is 12.2 Å². The summed E-state index contributed by atoms with van der Waals surface area (Å²) in [6.07, 6.45) is 3.40. The van der Waals surface area contributed by atoms with Crippen LogP contribution in [0.1, 0.15) is 31.7 Å². The lowest BCUT2D eigenvalue weighted by molar-refractivity contribution is -0.117. The Bertz CT molecular complexity index is 719. The van der Waals surface area contributed by atoms with Crippen LogP contribution in [0, 0.1) is 5.82 Å². The number of rotatable bonds is 6. The second-order valence-electron chi connectivity index (χ2n) is 6.02. The molecule has 126 valence electrons. The average Bonchev–Trinajstić information content (AvgIpc) is 3.25. The van der Waals surface area contributed by atoms with E-state index in [4.69, 9.17) is 0 Å². The predicted molar refractivity (Wildman–Crippen MR) is 84.5 cm³/mol. The summed E-state index contributed by atoms with van der Waals surface area (Å²) in [5, 5.41) is 0. The van der Waals surface area contributed by atoms with Crippen LogP contribution in [0.4, 0.5) is 10.1 Å². The van der Waals surface area contributed by atoms with Crippen LogP contribution in [-0.4, -0.2) is 38.4 Å². The van der Waals surface area contributed by atoms with Gasteiger partial charge in [-0.25, -0.2) is 13.4 Å². The van der Waals surface area contributed by atoms with Gasteiger partial charge in [0, 0.05) is 12.6 Å². The van der Waals surface area contributed by atoms with E-state index in [9.17, 15) is 17.6 Å². The third-order valence-corrected chi connectivity index (χ3v) is 5.45. The monoisotopic (exact) mass is 341 g/mol. The number of nitrogens with zero attached hydrogens (tertiary/aromatic N) is 2. The van der Waals surface area contributed by atoms with Gasteiger partial charge in [-0.1, -0.05) is 13.0 Å². The van der Waals surface area contributed by atoms with E-state index in [1.165, 1.54) is 25.0 Å². The van der Waals surface area contributed by atoms with E-state index in [0.717, 1.165) is 22.8 Å². The minimum Gasteiger partial charge on any atom is -0.296 e. The van der Waals surface area contributed by atoms with Crippen molar-refractivity contribution in [2.75, 3.05) is 17.4 Å². The van der Waals surface area contributed by atoms with Gasteiger partial charge in [-0.15, -0.1) is 0 Å². The number of amides is 1. The summed E-state index contributed by atoms with van der Waals surface area (Å²) in [5.74, 6) is -1.29. The van der Waals surface area contributed by atoms with Crippen LogP contribution >= 0.6 is 0 Å². The Kier molecular flexibility index (Phi) is 4.29. The lowest BCUT2D eigenvalue weighted by atomic mass is 10.1. The maximum Gasteiger partial charge on any atom is 0.326 e. The molecule has 1 aromatic rings. The van der Waals surface area contributed by atoms with E-state index in [0.29, 0.717) is 12.6 Å². The molecule has 1 aliphatic heterocycles. The Balaban J connectivity index is 1.79. The van der Waals surface area contributed by atoms with Gasteiger partial charge in [0.2, 0.25) is 0 Å². The topological polar surface area (TPSA) is 69.7 Å². The van der Waals surface area contributed by atoms with Gasteiger partial charge in [0.15, 0.2) is 0 Å². The zero-order valence-corrected chi connectivity index (χ0v) is 13.8. The third-order valence-electron chi connectivity index (χ3n) is 4.06. The zero-order valence-electron chi connectivity index (χ0n) is 13.0. The highest BCUT2D eigenvalue weighted by atomic mass is 32.2. The molecule has 23 heavy (non-hydrogen) atoms. The molecule has 1 aromatic carbocycles. The van der Waals surface area contributed by atoms with Crippen LogP contribution in [0.15, 0.2) is 18.2 Å². The molecule has 0 unspecified atom stereocenters. The molecular weight excluding hydrogens is 321 g/mol. The van der Waals surface area contributed by atoms with Gasteiger partial charge in [-0.05, 0) is 43.5 Å². The molecule has 1 amide bonds. The van der Waals surface area contributed by atoms with E-state index in [1.807, 2.05) is 4.72 Å². The molecule has 1 saturated carbocycles. The highest BCUT2D eigenvalue weighted by Crippen LogP contribution is 2.30. The summed E-state index contributed by atoms with van der Waals surface area (Å²) in [6, 6.07) is 5.10. The molecule has 0 spiro atoms. The van der Waals surface area contributed by atoms with Crippen molar-refractivity contribution in [2.24, 2.45) is 0 Å². The normalized spacial score (nSPS) is 20.1. The average molecular weight is 341 g/mol. The molecule has 1 aliphatic carbocycles. The predicted octanol–water partition coefficient (Wildman–Crippen LogP) is 1.38. The Morgan fingerprint density at radius 2 is 2.13 bits per heavy atom. The number of anilines is 1. The summed E-state index contributed by atoms with van der Waals surface area (Å²) < 4.78 is 40.5. The van der Waals surface area contributed by atoms with Gasteiger partial charge >= 0.3 is 10.2 Å². The first-order valence-electron chi connectivity index (χ1n) is 7.76. The highest BCUT2D eigenvalue weighted by Gasteiger charge is 2.35. The Morgan fingerprint density at radius 1 is 1.39 bits per heavy atom. The van der Waals surface area contributed by atoms with Crippen molar-refractivity contribution < 1.29 is 17.6 Å². The molecule has 1 heterocycles. The summed E-state index contributed by atoms with van der Waals surface area (Å²) >= 11 is 0. The second-order valence-corrected chi connectivity index (χ2v) is 7.62. The number of benzene rings is 1. The fourth-order valence-electron chi connectivity index (χ4n) is 2.86. The molecule has 2 fully saturated rings. The molecule has 0 atom stereocenters. The number of hydrogen-bond donors (Lipinski definition) is 1. The van der Waals surface area contributed by atoms with Crippen LogP contribution in [0.2, 0.25) is 0 Å². The number of halogens is 1. The second kappa shape index (κ2) is 6.09. The van der Waals surface area contributed by atoms with Crippen molar-refractivity contribution in [2.45, 2.75) is 38.8 Å². The molecule has 0 aromatic heterocycles. The fourth-order valence-corrected chi connectivity index (χ4v) is 4.02. The minimum atomic E-state index is -3.98. The molecule has 1 N–H and O–H groups in total. The molecule has 3 rings (SSSR count). The van der Waals surface area contributed by atoms with E-state index in [2.05, 4.69) is 11.8 Å². The maximum atomic E-state index is 14.4. The van der Waals surface area contributed by atoms with Crippen molar-refractivity contribution in [3.8, 4) is 0 Å². The van der Waals surface area contributed by atoms with Gasteiger partial charge in [-0.2, -0.15) is 8.42 Å². The first kappa shape index (κ1) is 16.2. The summed E-state index contributed by atoms with van der Waals surface area (Å²) in [5.41, 5.74) is 0.711. The molecule has 6 nitrogen and oxygen atoms in total. The zero-order chi connectivity index (χ0) is 16.6. The van der Waals surface area contributed by atoms with Gasteiger partial charge in [-0.3, -0.25) is 9.69 Å². The standard InChI is InChI=1S/C15H20FN3O3S/c1-2-7-18(12-4-5-12)9-11-3-6-14(13(16)8-11)19-10-15(20)17-23(19,21)22/h3,6,8,12H,2,4-5,7,9-10H2,1H3,(H,17,20). The largest absolute Gasteiger partial charge is 0.326 e. The number of nitrogens with one attached hydrogen (secondary N) is 1. The van der Waals surface area contributed by atoms with Crippen LogP contribution in [0.25, 0.3) is 0 Å². The van der Waals surface area contributed by atoms with Gasteiger partial charge in [0.1, 0.15) is 12.4 Å². The first-order chi connectivity index (χ1) is 10.9. The van der Waals surface area contributed by atoms with Crippen molar-refractivity contribution in [3.63, 3.8) is 0 Å². The first-order valence-corrected chi connectivity index (χ1v) is 9.20. The van der Waals surface area contributed by atoms with Crippen LogP contribution in [0.3, 0.4) is 0 Å². The number of carbonyl (C=O) groups excluding carboxylic acids is 1. The maximum absolute atomic E-state index is 14.4. The number of hydrogen-bond acceptors (Lipinski definition) is 4. The van der Waals surface area contributed by atoms with Crippen molar-refractivity contribution in [3.05, 3.63) is 29.6 Å². The highest BCUT2D eigenvalue weighted by molar-refractivity contribution is 7.92. The molecule has 2 aliphatic rings. The molecule has 8 heteroatoms. The lowest BCUT2D eigenvalue weighted by Crippen LogP contribution is -2.30. The lowest BCUT2D eigenvalue weighted by Gasteiger charge is -2.22. The van der Waals surface area contributed by atoms with E-state index in [1.54, 1.807) is 6.07 Å². The minimum absolute atomic E-state index is 0.0967. The van der Waals surface area contributed by atoms with Crippen LogP contribution in [0.5, 0.6) is 0 Å². The van der Waals surface area contributed by atoms with E-state index >= 15 is 0 Å². The van der Waals surface area contributed by atoms with Crippen LogP contribution in [-0.2, 0) is 21.5 Å². The Hall–Kier alpha value is -1.67.